The van der Waals surface area contributed by atoms with Crippen LogP contribution in [0.2, 0.25) is 0 Å². The number of benzene rings is 1. The van der Waals surface area contributed by atoms with E-state index in [4.69, 9.17) is 0 Å². The van der Waals surface area contributed by atoms with Crippen molar-refractivity contribution < 1.29 is 12.8 Å². The van der Waals surface area contributed by atoms with E-state index in [2.05, 4.69) is 20.3 Å². The van der Waals surface area contributed by atoms with E-state index >= 15 is 0 Å². The van der Waals surface area contributed by atoms with Gasteiger partial charge in [-0.1, -0.05) is 12.1 Å². The molecule has 162 valence electrons. The first-order valence-corrected chi connectivity index (χ1v) is 11.5. The summed E-state index contributed by atoms with van der Waals surface area (Å²) in [5, 5.41) is 3.16. The zero-order chi connectivity index (χ0) is 21.8. The van der Waals surface area contributed by atoms with E-state index in [0.29, 0.717) is 49.2 Å². The Morgan fingerprint density at radius 2 is 1.77 bits per heavy atom. The van der Waals surface area contributed by atoms with Crippen LogP contribution in [0.4, 0.5) is 21.8 Å². The molecule has 0 unspecified atom stereocenters. The Balaban J connectivity index is 1.39. The average molecular weight is 443 g/mol. The predicted molar refractivity (Wildman–Crippen MR) is 117 cm³/mol. The van der Waals surface area contributed by atoms with Gasteiger partial charge in [0.15, 0.2) is 0 Å². The number of nitrogens with one attached hydrogen (secondary N) is 1. The zero-order valence-corrected chi connectivity index (χ0v) is 17.9. The van der Waals surface area contributed by atoms with Crippen LogP contribution in [0.25, 0.3) is 0 Å². The lowest BCUT2D eigenvalue weighted by molar-refractivity contribution is 0.383. The molecule has 31 heavy (non-hydrogen) atoms. The predicted octanol–water partition coefficient (Wildman–Crippen LogP) is 2.71. The molecule has 0 aliphatic carbocycles. The molecular formula is C21H23FN6O2S. The average Bonchev–Trinajstić information content (AvgIpc) is 2.74. The molecule has 0 bridgehead atoms. The summed E-state index contributed by atoms with van der Waals surface area (Å²) in [6, 6.07) is 11.4. The first-order valence-electron chi connectivity index (χ1n) is 9.88. The van der Waals surface area contributed by atoms with Crippen LogP contribution in [0.1, 0.15) is 11.1 Å². The van der Waals surface area contributed by atoms with Gasteiger partial charge in [-0.3, -0.25) is 0 Å². The quantitative estimate of drug-likeness (QED) is 0.628. The normalized spacial score (nSPS) is 15.1. The maximum atomic E-state index is 13.4. The molecular weight excluding hydrogens is 419 g/mol. The van der Waals surface area contributed by atoms with Gasteiger partial charge >= 0.3 is 0 Å². The standard InChI is InChI=1S/C21H23FN6O2S/c1-16-5-6-23-19(11-16)26-20-13-21(25-15-24-20)27-7-9-28(10-8-27)31(29,30)14-17-3-2-4-18(22)12-17/h2-6,11-13,15H,7-10,14H2,1H3,(H,23,24,25,26). The molecule has 2 aromatic heterocycles. The van der Waals surface area contributed by atoms with Crippen LogP contribution in [-0.4, -0.2) is 53.9 Å². The number of aryl methyl sites for hydroxylation is 1. The van der Waals surface area contributed by atoms with Gasteiger partial charge in [-0.25, -0.2) is 27.8 Å². The summed E-state index contributed by atoms with van der Waals surface area (Å²) < 4.78 is 40.3. The SMILES string of the molecule is Cc1ccnc(Nc2cc(N3CCN(S(=O)(=O)Cc4cccc(F)c4)CC3)ncn2)c1. The largest absolute Gasteiger partial charge is 0.354 e. The number of halogens is 1. The molecule has 10 heteroatoms. The van der Waals surface area contributed by atoms with Crippen molar-refractivity contribution >= 4 is 27.5 Å². The lowest BCUT2D eigenvalue weighted by Gasteiger charge is -2.34. The van der Waals surface area contributed by atoms with Crippen molar-refractivity contribution in [3.63, 3.8) is 0 Å². The molecule has 1 aromatic carbocycles. The summed E-state index contributed by atoms with van der Waals surface area (Å²) in [6.07, 6.45) is 3.20. The van der Waals surface area contributed by atoms with Crippen LogP contribution in [0, 0.1) is 12.7 Å². The van der Waals surface area contributed by atoms with Crippen LogP contribution in [0.15, 0.2) is 55.0 Å². The molecule has 0 spiro atoms. The van der Waals surface area contributed by atoms with E-state index in [0.717, 1.165) is 5.56 Å². The van der Waals surface area contributed by atoms with E-state index in [1.54, 1.807) is 12.3 Å². The molecule has 0 radical (unpaired) electrons. The smallest absolute Gasteiger partial charge is 0.218 e. The van der Waals surface area contributed by atoms with Gasteiger partial charge in [-0.05, 0) is 42.3 Å². The maximum Gasteiger partial charge on any atom is 0.218 e. The van der Waals surface area contributed by atoms with Crippen molar-refractivity contribution in [1.29, 1.82) is 0 Å². The molecule has 1 aliphatic rings. The van der Waals surface area contributed by atoms with Gasteiger partial charge in [0.2, 0.25) is 10.0 Å². The van der Waals surface area contributed by atoms with Crippen molar-refractivity contribution in [3.8, 4) is 0 Å². The van der Waals surface area contributed by atoms with Crippen molar-refractivity contribution in [3.05, 3.63) is 71.9 Å². The molecule has 0 atom stereocenters. The van der Waals surface area contributed by atoms with Gasteiger partial charge in [-0.2, -0.15) is 4.31 Å². The molecule has 3 aromatic rings. The van der Waals surface area contributed by atoms with Crippen molar-refractivity contribution in [1.82, 2.24) is 19.3 Å². The lowest BCUT2D eigenvalue weighted by atomic mass is 10.2. The highest BCUT2D eigenvalue weighted by Gasteiger charge is 2.27. The fourth-order valence-electron chi connectivity index (χ4n) is 3.45. The highest BCUT2D eigenvalue weighted by Crippen LogP contribution is 2.21. The minimum atomic E-state index is -3.53. The molecule has 0 amide bonds. The second-order valence-electron chi connectivity index (χ2n) is 7.38. The van der Waals surface area contributed by atoms with E-state index in [1.165, 1.54) is 28.8 Å². The van der Waals surface area contributed by atoms with E-state index in [1.807, 2.05) is 30.0 Å². The fourth-order valence-corrected chi connectivity index (χ4v) is 4.95. The van der Waals surface area contributed by atoms with Crippen LogP contribution in [0.3, 0.4) is 0 Å². The van der Waals surface area contributed by atoms with Crippen LogP contribution in [0.5, 0.6) is 0 Å². The Kier molecular flexibility index (Phi) is 6.10. The van der Waals surface area contributed by atoms with Gasteiger partial charge in [0.1, 0.15) is 29.6 Å². The number of nitrogens with zero attached hydrogens (tertiary/aromatic N) is 5. The van der Waals surface area contributed by atoms with Crippen molar-refractivity contribution in [2.45, 2.75) is 12.7 Å². The number of hydrogen-bond donors (Lipinski definition) is 1. The summed E-state index contributed by atoms with van der Waals surface area (Å²) in [6.45, 7) is 3.66. The number of aromatic nitrogens is 3. The number of piperazine rings is 1. The first-order chi connectivity index (χ1) is 14.9. The van der Waals surface area contributed by atoms with Gasteiger partial charge in [0.25, 0.3) is 0 Å². The Hall–Kier alpha value is -3.11. The molecule has 4 rings (SSSR count). The maximum absolute atomic E-state index is 13.4. The summed E-state index contributed by atoms with van der Waals surface area (Å²) in [7, 11) is -3.53. The lowest BCUT2D eigenvalue weighted by Crippen LogP contribution is -2.49. The van der Waals surface area contributed by atoms with Gasteiger partial charge in [0, 0.05) is 38.4 Å². The van der Waals surface area contributed by atoms with Gasteiger partial charge in [-0.15, -0.1) is 0 Å². The molecule has 1 saturated heterocycles. The molecule has 1 fully saturated rings. The first kappa shape index (κ1) is 21.1. The number of anilines is 3. The summed E-state index contributed by atoms with van der Waals surface area (Å²) in [5.74, 6) is 1.37. The van der Waals surface area contributed by atoms with E-state index < -0.39 is 15.8 Å². The van der Waals surface area contributed by atoms with Crippen LogP contribution < -0.4 is 10.2 Å². The minimum Gasteiger partial charge on any atom is -0.354 e. The van der Waals surface area contributed by atoms with E-state index in [9.17, 15) is 12.8 Å². The summed E-state index contributed by atoms with van der Waals surface area (Å²) >= 11 is 0. The highest BCUT2D eigenvalue weighted by molar-refractivity contribution is 7.88. The van der Waals surface area contributed by atoms with Crippen LogP contribution in [-0.2, 0) is 15.8 Å². The van der Waals surface area contributed by atoms with Gasteiger partial charge in [0.05, 0.1) is 5.75 Å². The summed E-state index contributed by atoms with van der Waals surface area (Å²) in [5.41, 5.74) is 1.53. The molecule has 1 aliphatic heterocycles. The molecule has 0 saturated carbocycles. The molecule has 3 heterocycles. The van der Waals surface area contributed by atoms with Crippen molar-refractivity contribution in [2.75, 3.05) is 36.4 Å². The Morgan fingerprint density at radius 1 is 1.00 bits per heavy atom. The zero-order valence-electron chi connectivity index (χ0n) is 17.1. The topological polar surface area (TPSA) is 91.3 Å². The minimum absolute atomic E-state index is 0.212. The number of rotatable bonds is 6. The Labute approximate surface area is 180 Å². The number of pyridine rings is 1. The molecule has 1 N–H and O–H groups in total. The second-order valence-corrected chi connectivity index (χ2v) is 9.35. The number of hydrogen-bond acceptors (Lipinski definition) is 7. The fraction of sp³-hybridized carbons (Fsp3) is 0.286. The third-order valence-electron chi connectivity index (χ3n) is 5.02. The van der Waals surface area contributed by atoms with E-state index in [-0.39, 0.29) is 5.75 Å². The summed E-state index contributed by atoms with van der Waals surface area (Å²) in [4.78, 5) is 14.9. The second kappa shape index (κ2) is 8.94. The third kappa shape index (κ3) is 5.33. The Morgan fingerprint density at radius 3 is 2.52 bits per heavy atom. The Bertz CT molecular complexity index is 1170. The molecule has 8 nitrogen and oxygen atoms in total. The van der Waals surface area contributed by atoms with Crippen molar-refractivity contribution in [2.24, 2.45) is 0 Å². The monoisotopic (exact) mass is 442 g/mol. The van der Waals surface area contributed by atoms with Gasteiger partial charge < -0.3 is 10.2 Å². The third-order valence-corrected chi connectivity index (χ3v) is 6.87. The van der Waals surface area contributed by atoms with Crippen LogP contribution >= 0.6 is 0 Å². The highest BCUT2D eigenvalue weighted by atomic mass is 32.2. The number of sulfonamides is 1.